The maximum atomic E-state index is 11.9. The molecule has 1 aliphatic heterocycles. The molecular formula is C20H23ClN4O. The van der Waals surface area contributed by atoms with E-state index in [1.54, 1.807) is 7.05 Å². The van der Waals surface area contributed by atoms with Crippen LogP contribution in [0.5, 0.6) is 0 Å². The Bertz CT molecular complexity index is 915. The third-order valence-corrected chi connectivity index (χ3v) is 4.96. The van der Waals surface area contributed by atoms with Crippen LogP contribution in [-0.4, -0.2) is 35.8 Å². The summed E-state index contributed by atoms with van der Waals surface area (Å²) in [7, 11) is 1.65. The molecule has 2 heterocycles. The summed E-state index contributed by atoms with van der Waals surface area (Å²) in [5.74, 6) is -0.0639. The largest absolute Gasteiger partial charge is 0.355 e. The van der Waals surface area contributed by atoms with Crippen LogP contribution in [0.25, 0.3) is 21.9 Å². The first-order chi connectivity index (χ1) is 12.3. The highest BCUT2D eigenvalue weighted by atomic mass is 35.5. The molecule has 5 nitrogen and oxygen atoms in total. The lowest BCUT2D eigenvalue weighted by Gasteiger charge is -2.22. The molecule has 1 saturated heterocycles. The van der Waals surface area contributed by atoms with Gasteiger partial charge < -0.3 is 10.6 Å². The van der Waals surface area contributed by atoms with Crippen molar-refractivity contribution in [1.82, 2.24) is 20.4 Å². The molecule has 6 heteroatoms. The van der Waals surface area contributed by atoms with Crippen LogP contribution in [0.15, 0.2) is 48.8 Å². The van der Waals surface area contributed by atoms with Gasteiger partial charge in [0.15, 0.2) is 0 Å². The maximum Gasteiger partial charge on any atom is 0.251 e. The van der Waals surface area contributed by atoms with Gasteiger partial charge in [-0.1, -0.05) is 24.3 Å². The normalized spacial score (nSPS) is 14.8. The van der Waals surface area contributed by atoms with Gasteiger partial charge in [-0.3, -0.25) is 9.48 Å². The summed E-state index contributed by atoms with van der Waals surface area (Å²) in [5, 5.41) is 12.9. The van der Waals surface area contributed by atoms with Gasteiger partial charge in [0.1, 0.15) is 0 Å². The molecule has 2 N–H and O–H groups in total. The van der Waals surface area contributed by atoms with Gasteiger partial charge in [0.25, 0.3) is 5.91 Å². The first kappa shape index (κ1) is 18.4. The summed E-state index contributed by atoms with van der Waals surface area (Å²) >= 11 is 0. The summed E-state index contributed by atoms with van der Waals surface area (Å²) in [4.78, 5) is 11.9. The molecule has 1 aromatic heterocycles. The predicted molar refractivity (Wildman–Crippen MR) is 107 cm³/mol. The fourth-order valence-corrected chi connectivity index (χ4v) is 3.57. The second-order valence-corrected chi connectivity index (χ2v) is 6.51. The van der Waals surface area contributed by atoms with E-state index in [1.165, 1.54) is 0 Å². The number of hydrogen-bond donors (Lipinski definition) is 2. The number of nitrogens with one attached hydrogen (secondary N) is 2. The van der Waals surface area contributed by atoms with Gasteiger partial charge in [0, 0.05) is 24.4 Å². The molecule has 0 atom stereocenters. The van der Waals surface area contributed by atoms with E-state index in [0.717, 1.165) is 47.8 Å². The minimum absolute atomic E-state index is 0. The fourth-order valence-electron chi connectivity index (χ4n) is 3.57. The number of amides is 1. The number of nitrogens with zero attached hydrogens (tertiary/aromatic N) is 2. The first-order valence-electron chi connectivity index (χ1n) is 8.76. The van der Waals surface area contributed by atoms with Gasteiger partial charge in [-0.15, -0.1) is 12.4 Å². The van der Waals surface area contributed by atoms with Crippen LogP contribution in [0.3, 0.4) is 0 Å². The van der Waals surface area contributed by atoms with Crippen LogP contribution < -0.4 is 10.6 Å². The second-order valence-electron chi connectivity index (χ2n) is 6.51. The van der Waals surface area contributed by atoms with Crippen molar-refractivity contribution in [2.24, 2.45) is 0 Å². The fraction of sp³-hybridized carbons (Fsp3) is 0.300. The van der Waals surface area contributed by atoms with Crippen molar-refractivity contribution in [3.8, 4) is 11.1 Å². The van der Waals surface area contributed by atoms with E-state index in [-0.39, 0.29) is 18.3 Å². The van der Waals surface area contributed by atoms with Crippen LogP contribution in [0, 0.1) is 0 Å². The van der Waals surface area contributed by atoms with Crippen LogP contribution in [0.1, 0.15) is 29.2 Å². The molecular weight excluding hydrogens is 348 g/mol. The third-order valence-electron chi connectivity index (χ3n) is 4.96. The van der Waals surface area contributed by atoms with Gasteiger partial charge in [0.05, 0.1) is 12.2 Å². The zero-order valence-corrected chi connectivity index (χ0v) is 15.6. The van der Waals surface area contributed by atoms with Crippen molar-refractivity contribution in [2.75, 3.05) is 20.1 Å². The average Bonchev–Trinajstić information content (AvgIpc) is 3.17. The number of carbonyl (C=O) groups excluding carboxylic acids is 1. The van der Waals surface area contributed by atoms with Gasteiger partial charge in [0.2, 0.25) is 0 Å². The first-order valence-corrected chi connectivity index (χ1v) is 8.76. The Morgan fingerprint density at radius 1 is 1.23 bits per heavy atom. The molecule has 3 aromatic rings. The standard InChI is InChI=1S/C20H22N4O.ClH/c1-21-20(25)15-5-6-19-14(11-15)3-2-4-18(19)16-12-23-24(13-16)17-7-9-22-10-8-17;/h2-6,11-13,17,22H,7-10H2,1H3,(H,21,25);1H. The number of carbonyl (C=O) groups is 1. The van der Waals surface area contributed by atoms with Crippen molar-refractivity contribution in [1.29, 1.82) is 0 Å². The summed E-state index contributed by atoms with van der Waals surface area (Å²) in [5.41, 5.74) is 2.95. The lowest BCUT2D eigenvalue weighted by atomic mass is 9.98. The highest BCUT2D eigenvalue weighted by molar-refractivity contribution is 6.02. The third kappa shape index (κ3) is 3.45. The topological polar surface area (TPSA) is 59.0 Å². The quantitative estimate of drug-likeness (QED) is 0.742. The Morgan fingerprint density at radius 2 is 2.04 bits per heavy atom. The van der Waals surface area contributed by atoms with Gasteiger partial charge >= 0.3 is 0 Å². The van der Waals surface area contributed by atoms with Gasteiger partial charge in [-0.05, 0) is 54.4 Å². The van der Waals surface area contributed by atoms with Crippen molar-refractivity contribution in [2.45, 2.75) is 18.9 Å². The zero-order valence-electron chi connectivity index (χ0n) is 14.7. The van der Waals surface area contributed by atoms with Crippen molar-refractivity contribution in [3.05, 3.63) is 54.4 Å². The Morgan fingerprint density at radius 3 is 2.81 bits per heavy atom. The predicted octanol–water partition coefficient (Wildman–Crippen LogP) is 3.41. The summed E-state index contributed by atoms with van der Waals surface area (Å²) < 4.78 is 2.11. The van der Waals surface area contributed by atoms with E-state index in [2.05, 4.69) is 32.7 Å². The number of fused-ring (bicyclic) bond motifs is 1. The molecule has 0 radical (unpaired) electrons. The van der Waals surface area contributed by atoms with Crippen molar-refractivity contribution < 1.29 is 4.79 Å². The molecule has 1 aliphatic rings. The molecule has 2 aromatic carbocycles. The monoisotopic (exact) mass is 370 g/mol. The van der Waals surface area contributed by atoms with E-state index in [4.69, 9.17) is 0 Å². The van der Waals surface area contributed by atoms with Gasteiger partial charge in [-0.2, -0.15) is 5.10 Å². The molecule has 0 spiro atoms. The Balaban J connectivity index is 0.00000196. The number of halogens is 1. The molecule has 4 rings (SSSR count). The molecule has 1 fully saturated rings. The van der Waals surface area contributed by atoms with Crippen LogP contribution in [0.4, 0.5) is 0 Å². The minimum atomic E-state index is -0.0639. The number of rotatable bonds is 3. The lowest BCUT2D eigenvalue weighted by molar-refractivity contribution is 0.0963. The smallest absolute Gasteiger partial charge is 0.251 e. The van der Waals surface area contributed by atoms with E-state index < -0.39 is 0 Å². The molecule has 136 valence electrons. The van der Waals surface area contributed by atoms with Crippen molar-refractivity contribution in [3.63, 3.8) is 0 Å². The maximum absolute atomic E-state index is 11.9. The van der Waals surface area contributed by atoms with E-state index in [9.17, 15) is 4.79 Å². The highest BCUT2D eigenvalue weighted by Crippen LogP contribution is 2.30. The Labute approximate surface area is 159 Å². The number of piperidine rings is 1. The summed E-state index contributed by atoms with van der Waals surface area (Å²) in [6.45, 7) is 2.10. The van der Waals surface area contributed by atoms with E-state index in [0.29, 0.717) is 11.6 Å². The Hall–Kier alpha value is -2.37. The number of aromatic nitrogens is 2. The highest BCUT2D eigenvalue weighted by Gasteiger charge is 2.16. The molecule has 26 heavy (non-hydrogen) atoms. The number of hydrogen-bond acceptors (Lipinski definition) is 3. The van der Waals surface area contributed by atoms with E-state index >= 15 is 0 Å². The molecule has 0 bridgehead atoms. The van der Waals surface area contributed by atoms with Crippen LogP contribution in [-0.2, 0) is 0 Å². The summed E-state index contributed by atoms with van der Waals surface area (Å²) in [6, 6.07) is 12.5. The van der Waals surface area contributed by atoms with Crippen molar-refractivity contribution >= 4 is 29.1 Å². The average molecular weight is 371 g/mol. The molecule has 0 aliphatic carbocycles. The van der Waals surface area contributed by atoms with Crippen LogP contribution >= 0.6 is 12.4 Å². The molecule has 0 saturated carbocycles. The SMILES string of the molecule is CNC(=O)c1ccc2c(-c3cnn(C4CCNCC4)c3)cccc2c1.Cl. The van der Waals surface area contributed by atoms with E-state index in [1.807, 2.05) is 36.5 Å². The Kier molecular flexibility index (Phi) is 5.59. The minimum Gasteiger partial charge on any atom is -0.355 e. The zero-order chi connectivity index (χ0) is 17.2. The summed E-state index contributed by atoms with van der Waals surface area (Å²) in [6.07, 6.45) is 6.33. The van der Waals surface area contributed by atoms with Crippen LogP contribution in [0.2, 0.25) is 0 Å². The lowest BCUT2D eigenvalue weighted by Crippen LogP contribution is -2.29. The number of benzene rings is 2. The van der Waals surface area contributed by atoms with Gasteiger partial charge in [-0.25, -0.2) is 0 Å². The second kappa shape index (κ2) is 7.89. The molecule has 1 amide bonds. The molecule has 0 unspecified atom stereocenters.